The summed E-state index contributed by atoms with van der Waals surface area (Å²) in [5, 5.41) is 4.25. The van der Waals surface area contributed by atoms with Crippen LogP contribution < -0.4 is 9.47 Å². The van der Waals surface area contributed by atoms with Crippen LogP contribution in [0.5, 0.6) is 11.5 Å². The molecule has 0 saturated carbocycles. The predicted octanol–water partition coefficient (Wildman–Crippen LogP) is 1.76. The van der Waals surface area contributed by atoms with Crippen LogP contribution >= 0.6 is 0 Å². The molecule has 0 saturated heterocycles. The van der Waals surface area contributed by atoms with E-state index in [-0.39, 0.29) is 11.7 Å². The first-order valence-electron chi connectivity index (χ1n) is 8.18. The number of aromatic nitrogens is 4. The van der Waals surface area contributed by atoms with Gasteiger partial charge in [0.25, 0.3) is 11.7 Å². The number of hydrogen-bond acceptors (Lipinski definition) is 6. The molecule has 8 heteroatoms. The molecule has 0 bridgehead atoms. The summed E-state index contributed by atoms with van der Waals surface area (Å²) in [5.41, 5.74) is 1.91. The summed E-state index contributed by atoms with van der Waals surface area (Å²) in [6.45, 7) is 2.41. The summed E-state index contributed by atoms with van der Waals surface area (Å²) in [7, 11) is 4.93. The number of fused-ring (bicyclic) bond motifs is 1. The number of benzene rings is 1. The van der Waals surface area contributed by atoms with Crippen molar-refractivity contribution in [3.63, 3.8) is 0 Å². The molecule has 0 atom stereocenters. The average molecular weight is 355 g/mol. The molecule has 3 rings (SSSR count). The molecule has 136 valence electrons. The van der Waals surface area contributed by atoms with Crippen LogP contribution in [0.15, 0.2) is 30.5 Å². The monoisotopic (exact) mass is 355 g/mol. The molecular weight excluding hydrogens is 334 g/mol. The number of carbonyl (C=O) groups is 1. The maximum atomic E-state index is 12.6. The zero-order valence-corrected chi connectivity index (χ0v) is 15.3. The number of nitrogens with zero attached hydrogens (tertiary/aromatic N) is 5. The molecule has 2 aromatic heterocycles. The molecule has 0 N–H and O–H groups in total. The first kappa shape index (κ1) is 17.7. The Morgan fingerprint density at radius 3 is 2.65 bits per heavy atom. The van der Waals surface area contributed by atoms with Gasteiger partial charge in [-0.3, -0.25) is 4.79 Å². The quantitative estimate of drug-likeness (QED) is 0.670. The highest BCUT2D eigenvalue weighted by Gasteiger charge is 2.18. The minimum atomic E-state index is -0.240. The van der Waals surface area contributed by atoms with E-state index in [0.717, 1.165) is 11.3 Å². The summed E-state index contributed by atoms with van der Waals surface area (Å²) in [4.78, 5) is 22.5. The van der Waals surface area contributed by atoms with Crippen LogP contribution in [0.2, 0.25) is 0 Å². The second-order valence-electron chi connectivity index (χ2n) is 5.90. The van der Waals surface area contributed by atoms with Crippen LogP contribution in [0, 0.1) is 6.92 Å². The Morgan fingerprint density at radius 2 is 1.96 bits per heavy atom. The standard InChI is InChI=1S/C18H21N5O3/c1-12-7-9-19-18-20-16(21-23(12)18)17(24)22(2)10-8-13-5-6-14(25-3)15(11-13)26-4/h5-7,9,11H,8,10H2,1-4H3. The van der Waals surface area contributed by atoms with Crippen molar-refractivity contribution in [1.82, 2.24) is 24.5 Å². The molecule has 0 fully saturated rings. The number of carbonyl (C=O) groups excluding carboxylic acids is 1. The summed E-state index contributed by atoms with van der Waals surface area (Å²) in [6, 6.07) is 7.54. The van der Waals surface area contributed by atoms with E-state index >= 15 is 0 Å². The lowest BCUT2D eigenvalue weighted by atomic mass is 10.1. The Kier molecular flexibility index (Phi) is 5.01. The first-order valence-corrected chi connectivity index (χ1v) is 8.18. The second-order valence-corrected chi connectivity index (χ2v) is 5.90. The van der Waals surface area contributed by atoms with Gasteiger partial charge in [-0.2, -0.15) is 4.98 Å². The summed E-state index contributed by atoms with van der Waals surface area (Å²) in [6.07, 6.45) is 2.32. The highest BCUT2D eigenvalue weighted by atomic mass is 16.5. The molecule has 1 amide bonds. The van der Waals surface area contributed by atoms with E-state index in [2.05, 4.69) is 15.1 Å². The van der Waals surface area contributed by atoms with E-state index in [1.807, 2.05) is 31.2 Å². The summed E-state index contributed by atoms with van der Waals surface area (Å²) in [5.74, 6) is 1.67. The predicted molar refractivity (Wildman–Crippen MR) is 95.7 cm³/mol. The third-order valence-corrected chi connectivity index (χ3v) is 4.15. The molecule has 1 aromatic carbocycles. The van der Waals surface area contributed by atoms with Gasteiger partial charge in [0.15, 0.2) is 11.5 Å². The fraction of sp³-hybridized carbons (Fsp3) is 0.333. The molecule has 2 heterocycles. The molecule has 0 spiro atoms. The smallest absolute Gasteiger partial charge is 0.293 e. The number of ether oxygens (including phenoxy) is 2. The van der Waals surface area contributed by atoms with E-state index in [9.17, 15) is 4.79 Å². The fourth-order valence-electron chi connectivity index (χ4n) is 2.60. The summed E-state index contributed by atoms with van der Waals surface area (Å²) < 4.78 is 12.1. The first-order chi connectivity index (χ1) is 12.5. The molecule has 3 aromatic rings. The van der Waals surface area contributed by atoms with E-state index < -0.39 is 0 Å². The van der Waals surface area contributed by atoms with Gasteiger partial charge >= 0.3 is 0 Å². The third-order valence-electron chi connectivity index (χ3n) is 4.15. The highest BCUT2D eigenvalue weighted by Crippen LogP contribution is 2.27. The lowest BCUT2D eigenvalue weighted by Gasteiger charge is -2.16. The number of likely N-dealkylation sites (N-methyl/N-ethyl adjacent to an activating group) is 1. The Morgan fingerprint density at radius 1 is 1.19 bits per heavy atom. The van der Waals surface area contributed by atoms with Crippen LogP contribution in [0.1, 0.15) is 21.9 Å². The van der Waals surface area contributed by atoms with Crippen molar-refractivity contribution in [3.05, 3.63) is 47.5 Å². The lowest BCUT2D eigenvalue weighted by molar-refractivity contribution is 0.0785. The van der Waals surface area contributed by atoms with Crippen molar-refractivity contribution in [3.8, 4) is 11.5 Å². The lowest BCUT2D eigenvalue weighted by Crippen LogP contribution is -2.29. The maximum absolute atomic E-state index is 12.6. The third kappa shape index (κ3) is 3.44. The molecule has 0 aliphatic carbocycles. The molecule has 0 aliphatic heterocycles. The Hall–Kier alpha value is -3.16. The van der Waals surface area contributed by atoms with Gasteiger partial charge in [0.05, 0.1) is 14.2 Å². The van der Waals surface area contributed by atoms with Crippen LogP contribution in [-0.4, -0.2) is 58.2 Å². The van der Waals surface area contributed by atoms with Gasteiger partial charge in [0.2, 0.25) is 5.82 Å². The molecule has 0 radical (unpaired) electrons. The van der Waals surface area contributed by atoms with Crippen molar-refractivity contribution in [2.24, 2.45) is 0 Å². The van der Waals surface area contributed by atoms with Gasteiger partial charge in [0.1, 0.15) is 0 Å². The van der Waals surface area contributed by atoms with Gasteiger partial charge in [-0.15, -0.1) is 5.10 Å². The largest absolute Gasteiger partial charge is 0.493 e. The van der Waals surface area contributed by atoms with Crippen molar-refractivity contribution < 1.29 is 14.3 Å². The number of methoxy groups -OCH3 is 2. The van der Waals surface area contributed by atoms with E-state index in [0.29, 0.717) is 30.2 Å². The van der Waals surface area contributed by atoms with Crippen LogP contribution in [0.4, 0.5) is 0 Å². The minimum absolute atomic E-state index is 0.140. The molecule has 0 unspecified atom stereocenters. The topological polar surface area (TPSA) is 81.9 Å². The van der Waals surface area contributed by atoms with Gasteiger partial charge in [-0.1, -0.05) is 6.07 Å². The van der Waals surface area contributed by atoms with Gasteiger partial charge in [0, 0.05) is 25.5 Å². The fourth-order valence-corrected chi connectivity index (χ4v) is 2.60. The second kappa shape index (κ2) is 7.38. The van der Waals surface area contributed by atoms with Crippen LogP contribution in [0.25, 0.3) is 5.78 Å². The van der Waals surface area contributed by atoms with Crippen LogP contribution in [-0.2, 0) is 6.42 Å². The molecule has 8 nitrogen and oxygen atoms in total. The minimum Gasteiger partial charge on any atom is -0.493 e. The molecule has 26 heavy (non-hydrogen) atoms. The zero-order valence-electron chi connectivity index (χ0n) is 15.3. The number of aryl methyl sites for hydroxylation is 1. The Labute approximate surface area is 151 Å². The Bertz CT molecular complexity index is 938. The van der Waals surface area contributed by atoms with Gasteiger partial charge < -0.3 is 14.4 Å². The van der Waals surface area contributed by atoms with Crippen LogP contribution in [0.3, 0.4) is 0 Å². The van der Waals surface area contributed by atoms with E-state index in [4.69, 9.17) is 9.47 Å². The maximum Gasteiger partial charge on any atom is 0.293 e. The molecule has 0 aliphatic rings. The Balaban J connectivity index is 1.70. The van der Waals surface area contributed by atoms with Gasteiger partial charge in [-0.25, -0.2) is 9.50 Å². The number of hydrogen-bond donors (Lipinski definition) is 0. The van der Waals surface area contributed by atoms with Crippen molar-refractivity contribution >= 4 is 11.7 Å². The number of amides is 1. The van der Waals surface area contributed by atoms with E-state index in [1.54, 1.807) is 36.9 Å². The number of rotatable bonds is 6. The van der Waals surface area contributed by atoms with Crippen molar-refractivity contribution in [2.75, 3.05) is 27.8 Å². The SMILES string of the molecule is COc1ccc(CCN(C)C(=O)c2nc3nccc(C)n3n2)cc1OC. The van der Waals surface area contributed by atoms with Crippen molar-refractivity contribution in [2.45, 2.75) is 13.3 Å². The van der Waals surface area contributed by atoms with E-state index in [1.165, 1.54) is 0 Å². The zero-order chi connectivity index (χ0) is 18.7. The molecular formula is C18H21N5O3. The van der Waals surface area contributed by atoms with Crippen molar-refractivity contribution in [1.29, 1.82) is 0 Å². The average Bonchev–Trinajstić information content (AvgIpc) is 3.10. The highest BCUT2D eigenvalue weighted by molar-refractivity contribution is 5.90. The summed E-state index contributed by atoms with van der Waals surface area (Å²) >= 11 is 0. The normalized spacial score (nSPS) is 10.8. The van der Waals surface area contributed by atoms with Gasteiger partial charge in [-0.05, 0) is 37.1 Å².